The van der Waals surface area contributed by atoms with E-state index < -0.39 is 5.91 Å². The summed E-state index contributed by atoms with van der Waals surface area (Å²) in [6.07, 6.45) is 1.22. The van der Waals surface area contributed by atoms with Crippen molar-refractivity contribution in [1.82, 2.24) is 9.66 Å². The average Bonchev–Trinajstić information content (AvgIpc) is 2.14. The van der Waals surface area contributed by atoms with Gasteiger partial charge in [0.2, 0.25) is 0 Å². The second-order valence-corrected chi connectivity index (χ2v) is 1.75. The SMILES string of the molecule is NC(=O)c1ncn(N)c1N. The van der Waals surface area contributed by atoms with Crippen molar-refractivity contribution in [2.45, 2.75) is 0 Å². The van der Waals surface area contributed by atoms with Crippen molar-refractivity contribution in [1.29, 1.82) is 0 Å². The Bertz CT molecular complexity index is 265. The Morgan fingerprint density at radius 3 is 2.50 bits per heavy atom. The van der Waals surface area contributed by atoms with Gasteiger partial charge in [0.05, 0.1) is 0 Å². The summed E-state index contributed by atoms with van der Waals surface area (Å²) in [4.78, 5) is 14.0. The molecule has 0 atom stereocenters. The van der Waals surface area contributed by atoms with E-state index in [1.165, 1.54) is 6.33 Å². The Morgan fingerprint density at radius 1 is 1.70 bits per heavy atom. The van der Waals surface area contributed by atoms with Crippen LogP contribution in [0.4, 0.5) is 5.82 Å². The molecule has 1 amide bonds. The molecule has 6 heteroatoms. The number of imidazole rings is 1. The number of amides is 1. The van der Waals surface area contributed by atoms with E-state index in [1.54, 1.807) is 0 Å². The first-order valence-corrected chi connectivity index (χ1v) is 2.50. The van der Waals surface area contributed by atoms with Gasteiger partial charge >= 0.3 is 0 Å². The van der Waals surface area contributed by atoms with Crippen LogP contribution >= 0.6 is 0 Å². The smallest absolute Gasteiger partial charge is 0.271 e. The van der Waals surface area contributed by atoms with Crippen molar-refractivity contribution in [3.8, 4) is 0 Å². The first kappa shape index (κ1) is 6.40. The molecule has 0 fully saturated rings. The first-order chi connectivity index (χ1) is 4.63. The largest absolute Gasteiger partial charge is 0.382 e. The zero-order valence-corrected chi connectivity index (χ0v) is 5.11. The molecule has 54 valence electrons. The molecule has 10 heavy (non-hydrogen) atoms. The number of hydrogen-bond acceptors (Lipinski definition) is 4. The van der Waals surface area contributed by atoms with Gasteiger partial charge in [0.1, 0.15) is 6.33 Å². The minimum atomic E-state index is -0.679. The molecule has 0 bridgehead atoms. The summed E-state index contributed by atoms with van der Waals surface area (Å²) in [5, 5.41) is 0. The number of carbonyl (C=O) groups excluding carboxylic acids is 1. The van der Waals surface area contributed by atoms with E-state index in [2.05, 4.69) is 4.98 Å². The van der Waals surface area contributed by atoms with Crippen molar-refractivity contribution >= 4 is 11.7 Å². The lowest BCUT2D eigenvalue weighted by molar-refractivity contribution is 0.0997. The van der Waals surface area contributed by atoms with Crippen molar-refractivity contribution in [3.63, 3.8) is 0 Å². The second kappa shape index (κ2) is 1.90. The molecule has 0 aliphatic rings. The lowest BCUT2D eigenvalue weighted by Gasteiger charge is -1.93. The van der Waals surface area contributed by atoms with Crippen LogP contribution in [-0.2, 0) is 0 Å². The standard InChI is InChI=1S/C4H7N5O/c5-3-2(4(6)10)8-1-9(3)7/h1H,5,7H2,(H2,6,10). The number of hydrogen-bond donors (Lipinski definition) is 3. The zero-order valence-electron chi connectivity index (χ0n) is 5.11. The summed E-state index contributed by atoms with van der Waals surface area (Å²) in [5.74, 6) is 4.60. The number of anilines is 1. The summed E-state index contributed by atoms with van der Waals surface area (Å²) < 4.78 is 1.03. The Kier molecular flexibility index (Phi) is 1.22. The van der Waals surface area contributed by atoms with Crippen LogP contribution in [0, 0.1) is 0 Å². The second-order valence-electron chi connectivity index (χ2n) is 1.75. The summed E-state index contributed by atoms with van der Waals surface area (Å²) in [6.45, 7) is 0. The van der Waals surface area contributed by atoms with Crippen molar-refractivity contribution in [3.05, 3.63) is 12.0 Å². The van der Waals surface area contributed by atoms with Crippen molar-refractivity contribution < 1.29 is 4.79 Å². The fourth-order valence-corrected chi connectivity index (χ4v) is 0.560. The van der Waals surface area contributed by atoms with Crippen LogP contribution in [0.15, 0.2) is 6.33 Å². The Morgan fingerprint density at radius 2 is 2.30 bits per heavy atom. The molecule has 0 radical (unpaired) electrons. The van der Waals surface area contributed by atoms with E-state index in [0.717, 1.165) is 4.68 Å². The third kappa shape index (κ3) is 0.750. The van der Waals surface area contributed by atoms with Gasteiger partial charge in [0.15, 0.2) is 11.5 Å². The molecule has 6 nitrogen and oxygen atoms in total. The Balaban J connectivity index is 3.17. The summed E-state index contributed by atoms with van der Waals surface area (Å²) in [6, 6.07) is 0. The number of aromatic nitrogens is 2. The third-order valence-electron chi connectivity index (χ3n) is 1.07. The predicted octanol–water partition coefficient (Wildman–Crippen LogP) is -1.72. The van der Waals surface area contributed by atoms with Crippen LogP contribution in [0.1, 0.15) is 10.5 Å². The first-order valence-electron chi connectivity index (χ1n) is 2.50. The minimum absolute atomic E-state index is 0.00231. The van der Waals surface area contributed by atoms with E-state index >= 15 is 0 Å². The van der Waals surface area contributed by atoms with Crippen molar-refractivity contribution in [2.24, 2.45) is 5.73 Å². The average molecular weight is 141 g/mol. The van der Waals surface area contributed by atoms with Gasteiger partial charge in [-0.15, -0.1) is 0 Å². The number of nitrogen functional groups attached to an aromatic ring is 2. The van der Waals surface area contributed by atoms with Crippen LogP contribution in [0.2, 0.25) is 0 Å². The maximum Gasteiger partial charge on any atom is 0.271 e. The fourth-order valence-electron chi connectivity index (χ4n) is 0.560. The molecule has 0 aliphatic heterocycles. The lowest BCUT2D eigenvalue weighted by atomic mass is 10.4. The maximum atomic E-state index is 10.4. The highest BCUT2D eigenvalue weighted by atomic mass is 16.1. The van der Waals surface area contributed by atoms with Gasteiger partial charge in [0.25, 0.3) is 5.91 Å². The summed E-state index contributed by atoms with van der Waals surface area (Å²) >= 11 is 0. The van der Waals surface area contributed by atoms with Crippen LogP contribution in [-0.4, -0.2) is 15.6 Å². The molecule has 1 aromatic rings. The number of carbonyl (C=O) groups is 1. The zero-order chi connectivity index (χ0) is 7.72. The van der Waals surface area contributed by atoms with E-state index in [9.17, 15) is 4.79 Å². The van der Waals surface area contributed by atoms with Gasteiger partial charge < -0.3 is 17.3 Å². The van der Waals surface area contributed by atoms with Crippen LogP contribution in [0.3, 0.4) is 0 Å². The van der Waals surface area contributed by atoms with Gasteiger partial charge in [0, 0.05) is 0 Å². The molecule has 1 rings (SSSR count). The molecule has 0 saturated heterocycles. The normalized spacial score (nSPS) is 9.60. The van der Waals surface area contributed by atoms with E-state index in [0.29, 0.717) is 0 Å². The minimum Gasteiger partial charge on any atom is -0.382 e. The van der Waals surface area contributed by atoms with Crippen LogP contribution in [0.25, 0.3) is 0 Å². The fraction of sp³-hybridized carbons (Fsp3) is 0. The Hall–Kier alpha value is -1.72. The highest BCUT2D eigenvalue weighted by Gasteiger charge is 2.09. The molecule has 0 unspecified atom stereocenters. The van der Waals surface area contributed by atoms with E-state index in [-0.39, 0.29) is 11.5 Å². The monoisotopic (exact) mass is 141 g/mol. The molecule has 1 aromatic heterocycles. The Labute approximate surface area is 56.6 Å². The number of primary amides is 1. The molecule has 0 saturated carbocycles. The van der Waals surface area contributed by atoms with Crippen molar-refractivity contribution in [2.75, 3.05) is 11.6 Å². The van der Waals surface area contributed by atoms with Gasteiger partial charge in [-0.05, 0) is 0 Å². The number of nitrogens with zero attached hydrogens (tertiary/aromatic N) is 2. The van der Waals surface area contributed by atoms with Gasteiger partial charge in [-0.1, -0.05) is 0 Å². The molecular weight excluding hydrogens is 134 g/mol. The highest BCUT2D eigenvalue weighted by molar-refractivity contribution is 5.95. The molecule has 0 spiro atoms. The molecule has 1 heterocycles. The van der Waals surface area contributed by atoms with Crippen LogP contribution < -0.4 is 17.3 Å². The van der Waals surface area contributed by atoms with E-state index in [4.69, 9.17) is 17.3 Å². The molecule has 6 N–H and O–H groups in total. The molecular formula is C4H7N5O. The topological polar surface area (TPSA) is 113 Å². The molecule has 0 aromatic carbocycles. The summed E-state index contributed by atoms with van der Waals surface area (Å²) in [5.41, 5.74) is 10.2. The quantitative estimate of drug-likeness (QED) is 0.403. The van der Waals surface area contributed by atoms with E-state index in [1.807, 2.05) is 0 Å². The summed E-state index contributed by atoms with van der Waals surface area (Å²) in [7, 11) is 0. The predicted molar refractivity (Wildman–Crippen MR) is 35.3 cm³/mol. The number of nitrogens with two attached hydrogens (primary N) is 3. The number of rotatable bonds is 1. The van der Waals surface area contributed by atoms with Crippen LogP contribution in [0.5, 0.6) is 0 Å². The highest BCUT2D eigenvalue weighted by Crippen LogP contribution is 2.03. The van der Waals surface area contributed by atoms with Gasteiger partial charge in [-0.25, -0.2) is 9.66 Å². The maximum absolute atomic E-state index is 10.4. The lowest BCUT2D eigenvalue weighted by Crippen LogP contribution is -2.16. The van der Waals surface area contributed by atoms with Gasteiger partial charge in [-0.3, -0.25) is 4.79 Å². The third-order valence-corrected chi connectivity index (χ3v) is 1.07. The van der Waals surface area contributed by atoms with Gasteiger partial charge in [-0.2, -0.15) is 0 Å². The molecule has 0 aliphatic carbocycles.